The fourth-order valence-corrected chi connectivity index (χ4v) is 6.58. The van der Waals surface area contributed by atoms with E-state index in [1.807, 2.05) is 0 Å². The van der Waals surface area contributed by atoms with Gasteiger partial charge in [-0.2, -0.15) is 0 Å². The van der Waals surface area contributed by atoms with Crippen molar-refractivity contribution in [3.8, 4) is 0 Å². The molecule has 0 heterocycles. The van der Waals surface area contributed by atoms with Gasteiger partial charge in [-0.05, 0) is 102 Å². The third-order valence-corrected chi connectivity index (χ3v) is 8.34. The maximum atomic E-state index is 5.65. The van der Waals surface area contributed by atoms with Crippen molar-refractivity contribution in [2.24, 2.45) is 11.3 Å². The highest BCUT2D eigenvalue weighted by Gasteiger charge is 2.51. The van der Waals surface area contributed by atoms with E-state index in [2.05, 4.69) is 87.7 Å². The topological polar surface area (TPSA) is 24.1 Å². The SMILES string of the molecule is Cc1cccc(NC(=S)NC[C@]2(C)CCC[C@@]3(C)c4ccc(C(C)C)cc4CC[C@H]23)c1. The first-order chi connectivity index (χ1) is 14.7. The fraction of sp³-hybridized carbons (Fsp3) is 0.536. The van der Waals surface area contributed by atoms with Crippen LogP contribution in [0, 0.1) is 18.3 Å². The predicted molar refractivity (Wildman–Crippen MR) is 137 cm³/mol. The van der Waals surface area contributed by atoms with E-state index in [0.717, 1.165) is 17.3 Å². The highest BCUT2D eigenvalue weighted by Crippen LogP contribution is 2.57. The van der Waals surface area contributed by atoms with Crippen molar-refractivity contribution in [1.82, 2.24) is 5.32 Å². The van der Waals surface area contributed by atoms with E-state index in [9.17, 15) is 0 Å². The summed E-state index contributed by atoms with van der Waals surface area (Å²) >= 11 is 5.65. The Kier molecular flexibility index (Phi) is 6.18. The molecular formula is C28H38N2S. The van der Waals surface area contributed by atoms with Crippen LogP contribution in [-0.4, -0.2) is 11.7 Å². The number of anilines is 1. The molecule has 0 saturated heterocycles. The lowest BCUT2D eigenvalue weighted by molar-refractivity contribution is 0.0294. The molecule has 0 aromatic heterocycles. The Hall–Kier alpha value is -1.87. The van der Waals surface area contributed by atoms with E-state index >= 15 is 0 Å². The largest absolute Gasteiger partial charge is 0.362 e. The zero-order valence-corrected chi connectivity index (χ0v) is 20.7. The second-order valence-corrected chi connectivity index (χ2v) is 11.2. The van der Waals surface area contributed by atoms with Gasteiger partial charge in [-0.25, -0.2) is 0 Å². The van der Waals surface area contributed by atoms with E-state index in [-0.39, 0.29) is 10.8 Å². The minimum Gasteiger partial charge on any atom is -0.362 e. The average molecular weight is 435 g/mol. The van der Waals surface area contributed by atoms with Crippen LogP contribution in [0.4, 0.5) is 5.69 Å². The van der Waals surface area contributed by atoms with Crippen LogP contribution in [0.15, 0.2) is 42.5 Å². The lowest BCUT2D eigenvalue weighted by Gasteiger charge is -2.55. The Bertz CT molecular complexity index is 965. The average Bonchev–Trinajstić information content (AvgIpc) is 2.72. The van der Waals surface area contributed by atoms with E-state index in [4.69, 9.17) is 12.2 Å². The molecule has 1 fully saturated rings. The zero-order chi connectivity index (χ0) is 22.2. The van der Waals surface area contributed by atoms with Crippen molar-refractivity contribution in [1.29, 1.82) is 0 Å². The number of thiocarbonyl (C=S) groups is 1. The van der Waals surface area contributed by atoms with Gasteiger partial charge in [0.2, 0.25) is 0 Å². The molecule has 0 amide bonds. The summed E-state index contributed by atoms with van der Waals surface area (Å²) in [7, 11) is 0. The number of rotatable bonds is 4. The zero-order valence-electron chi connectivity index (χ0n) is 19.8. The highest BCUT2D eigenvalue weighted by molar-refractivity contribution is 7.80. The van der Waals surface area contributed by atoms with Crippen LogP contribution in [0.3, 0.4) is 0 Å². The fourth-order valence-electron chi connectivity index (χ4n) is 6.39. The maximum Gasteiger partial charge on any atom is 0.170 e. The van der Waals surface area contributed by atoms with Gasteiger partial charge in [0.05, 0.1) is 0 Å². The summed E-state index contributed by atoms with van der Waals surface area (Å²) in [6.07, 6.45) is 6.34. The first-order valence-electron chi connectivity index (χ1n) is 12.0. The molecule has 0 radical (unpaired) electrons. The van der Waals surface area contributed by atoms with Crippen molar-refractivity contribution in [2.45, 2.75) is 78.1 Å². The summed E-state index contributed by atoms with van der Waals surface area (Å²) in [6, 6.07) is 15.7. The van der Waals surface area contributed by atoms with Gasteiger partial charge in [0.1, 0.15) is 0 Å². The molecule has 0 unspecified atom stereocenters. The maximum absolute atomic E-state index is 5.65. The summed E-state index contributed by atoms with van der Waals surface area (Å²) in [6.45, 7) is 12.7. The number of aryl methyl sites for hydroxylation is 2. The van der Waals surface area contributed by atoms with Gasteiger partial charge >= 0.3 is 0 Å². The molecule has 2 aliphatic rings. The predicted octanol–water partition coefficient (Wildman–Crippen LogP) is 7.12. The number of benzene rings is 2. The second-order valence-electron chi connectivity index (χ2n) is 10.8. The number of nitrogens with one attached hydrogen (secondary N) is 2. The van der Waals surface area contributed by atoms with Crippen LogP contribution in [0.25, 0.3) is 0 Å². The molecule has 3 heteroatoms. The third-order valence-electron chi connectivity index (χ3n) is 8.10. The van der Waals surface area contributed by atoms with Crippen molar-refractivity contribution < 1.29 is 0 Å². The first kappa shape index (κ1) is 22.3. The molecule has 0 aliphatic heterocycles. The van der Waals surface area contributed by atoms with Crippen LogP contribution in [-0.2, 0) is 11.8 Å². The van der Waals surface area contributed by atoms with Gasteiger partial charge < -0.3 is 10.6 Å². The molecule has 2 nitrogen and oxygen atoms in total. The lowest BCUT2D eigenvalue weighted by Crippen LogP contribution is -2.53. The molecule has 31 heavy (non-hydrogen) atoms. The Morgan fingerprint density at radius 3 is 2.68 bits per heavy atom. The van der Waals surface area contributed by atoms with Crippen LogP contribution in [0.2, 0.25) is 0 Å². The van der Waals surface area contributed by atoms with Crippen LogP contribution >= 0.6 is 12.2 Å². The Labute approximate surface area is 194 Å². The van der Waals surface area contributed by atoms with Gasteiger partial charge in [-0.15, -0.1) is 0 Å². The summed E-state index contributed by atoms with van der Waals surface area (Å²) in [5.74, 6) is 1.28. The quantitative estimate of drug-likeness (QED) is 0.501. The molecule has 2 aromatic rings. The summed E-state index contributed by atoms with van der Waals surface area (Å²) < 4.78 is 0. The van der Waals surface area contributed by atoms with Gasteiger partial charge in [-0.3, -0.25) is 0 Å². The molecule has 0 bridgehead atoms. The standard InChI is InChI=1S/C28H38N2S/c1-19(2)21-10-12-24-22(17-21)11-13-25-27(4,14-7-15-28(24,25)5)18-29-26(31)30-23-9-6-8-20(3)16-23/h6,8-10,12,16-17,19,25H,7,11,13-15,18H2,1-5H3,(H2,29,30,31)/t25-,27+,28+/m1/s1. The molecule has 1 saturated carbocycles. The Morgan fingerprint density at radius 1 is 1.13 bits per heavy atom. The van der Waals surface area contributed by atoms with Crippen LogP contribution < -0.4 is 10.6 Å². The number of hydrogen-bond acceptors (Lipinski definition) is 1. The van der Waals surface area contributed by atoms with Gasteiger partial charge in [0, 0.05) is 12.2 Å². The number of fused-ring (bicyclic) bond motifs is 3. The highest BCUT2D eigenvalue weighted by atomic mass is 32.1. The Morgan fingerprint density at radius 2 is 1.94 bits per heavy atom. The molecule has 0 spiro atoms. The normalized spacial score (nSPS) is 27.4. The molecule has 2 N–H and O–H groups in total. The lowest BCUT2D eigenvalue weighted by atomic mass is 9.49. The minimum absolute atomic E-state index is 0.250. The smallest absolute Gasteiger partial charge is 0.170 e. The second kappa shape index (κ2) is 8.58. The van der Waals surface area contributed by atoms with Crippen LogP contribution in [0.1, 0.15) is 81.5 Å². The minimum atomic E-state index is 0.250. The molecule has 3 atom stereocenters. The molecular weight excluding hydrogens is 396 g/mol. The first-order valence-corrected chi connectivity index (χ1v) is 12.4. The molecule has 2 aromatic carbocycles. The van der Waals surface area contributed by atoms with E-state index in [0.29, 0.717) is 11.8 Å². The molecule has 2 aliphatic carbocycles. The van der Waals surface area contributed by atoms with Gasteiger partial charge in [0.15, 0.2) is 5.11 Å². The summed E-state index contributed by atoms with van der Waals surface area (Å²) in [5, 5.41) is 7.69. The molecule has 4 rings (SSSR count). The molecule has 166 valence electrons. The van der Waals surface area contributed by atoms with Crippen molar-refractivity contribution in [2.75, 3.05) is 11.9 Å². The van der Waals surface area contributed by atoms with E-state index in [1.165, 1.54) is 43.2 Å². The van der Waals surface area contributed by atoms with Crippen molar-refractivity contribution in [3.05, 3.63) is 64.7 Å². The van der Waals surface area contributed by atoms with E-state index < -0.39 is 0 Å². The summed E-state index contributed by atoms with van der Waals surface area (Å²) in [4.78, 5) is 0. The number of hydrogen-bond donors (Lipinski definition) is 2. The Balaban J connectivity index is 1.50. The third kappa shape index (κ3) is 4.39. The monoisotopic (exact) mass is 434 g/mol. The van der Waals surface area contributed by atoms with Gasteiger partial charge in [0.25, 0.3) is 0 Å². The summed E-state index contributed by atoms with van der Waals surface area (Å²) in [5.41, 5.74) is 7.50. The van der Waals surface area contributed by atoms with Crippen LogP contribution in [0.5, 0.6) is 0 Å². The van der Waals surface area contributed by atoms with E-state index in [1.54, 1.807) is 11.1 Å². The van der Waals surface area contributed by atoms with Gasteiger partial charge in [-0.1, -0.05) is 64.4 Å². The van der Waals surface area contributed by atoms with Crippen molar-refractivity contribution >= 4 is 23.0 Å². The van der Waals surface area contributed by atoms with Crippen molar-refractivity contribution in [3.63, 3.8) is 0 Å².